The molecule has 1 aliphatic rings. The Balaban J connectivity index is 1.59. The second-order valence-corrected chi connectivity index (χ2v) is 6.70. The summed E-state index contributed by atoms with van der Waals surface area (Å²) in [4.78, 5) is 2.32. The van der Waals surface area contributed by atoms with Crippen molar-refractivity contribution in [2.75, 3.05) is 18.1 Å². The molecule has 1 aliphatic heterocycles. The monoisotopic (exact) mass is 352 g/mol. The topological polar surface area (TPSA) is 17.4 Å². The third kappa shape index (κ3) is 3.30. The maximum absolute atomic E-state index is 6.02. The zero-order valence-electron chi connectivity index (χ0n) is 14.2. The Morgan fingerprint density at radius 2 is 1.72 bits per heavy atom. The van der Waals surface area contributed by atoms with Gasteiger partial charge >= 0.3 is 0 Å². The van der Waals surface area contributed by atoms with Crippen LogP contribution in [-0.4, -0.2) is 17.7 Å². The highest BCUT2D eigenvalue weighted by molar-refractivity contribution is 6.30. The fourth-order valence-corrected chi connectivity index (χ4v) is 3.39. The van der Waals surface area contributed by atoms with Gasteiger partial charge in [0.25, 0.3) is 0 Å². The molecular weight excluding hydrogens is 332 g/mol. The van der Waals surface area contributed by atoms with Gasteiger partial charge in [-0.25, -0.2) is 0 Å². The van der Waals surface area contributed by atoms with Crippen LogP contribution in [-0.2, 0) is 11.2 Å². The predicted molar refractivity (Wildman–Crippen MR) is 103 cm³/mol. The van der Waals surface area contributed by atoms with Gasteiger partial charge in [0.15, 0.2) is 6.23 Å². The molecule has 1 atom stereocenters. The van der Waals surface area contributed by atoms with Crippen molar-refractivity contribution in [2.24, 2.45) is 0 Å². The van der Waals surface area contributed by atoms with Crippen molar-refractivity contribution in [3.8, 4) is 5.69 Å². The molecule has 0 amide bonds. The Morgan fingerprint density at radius 1 is 1.00 bits per heavy atom. The summed E-state index contributed by atoms with van der Waals surface area (Å²) in [5.74, 6) is 0. The van der Waals surface area contributed by atoms with Crippen LogP contribution in [0.1, 0.15) is 24.3 Å². The predicted octanol–water partition coefficient (Wildman–Crippen LogP) is 5.23. The van der Waals surface area contributed by atoms with E-state index in [0.29, 0.717) is 0 Å². The van der Waals surface area contributed by atoms with Crippen LogP contribution in [0.5, 0.6) is 0 Å². The number of aromatic nitrogens is 1. The van der Waals surface area contributed by atoms with Crippen LogP contribution in [0.15, 0.2) is 67.0 Å². The molecule has 0 bridgehead atoms. The van der Waals surface area contributed by atoms with E-state index in [1.54, 1.807) is 0 Å². The maximum atomic E-state index is 6.02. The lowest BCUT2D eigenvalue weighted by Crippen LogP contribution is -2.22. The molecule has 3 aromatic rings. The average molecular weight is 353 g/mol. The number of hydrogen-bond acceptors (Lipinski definition) is 2. The van der Waals surface area contributed by atoms with Crippen molar-refractivity contribution < 1.29 is 4.74 Å². The van der Waals surface area contributed by atoms with Crippen molar-refractivity contribution >= 4 is 17.3 Å². The van der Waals surface area contributed by atoms with Crippen molar-refractivity contribution in [1.29, 1.82) is 0 Å². The van der Waals surface area contributed by atoms with Crippen LogP contribution in [0.2, 0.25) is 5.02 Å². The van der Waals surface area contributed by atoms with Crippen molar-refractivity contribution in [3.05, 3.63) is 83.1 Å². The first kappa shape index (κ1) is 16.2. The molecule has 2 aromatic carbocycles. The molecule has 4 rings (SSSR count). The summed E-state index contributed by atoms with van der Waals surface area (Å²) >= 11 is 5.98. The molecule has 0 aliphatic carbocycles. The largest absolute Gasteiger partial charge is 0.352 e. The van der Waals surface area contributed by atoms with Gasteiger partial charge in [-0.1, -0.05) is 30.7 Å². The average Bonchev–Trinajstić information content (AvgIpc) is 3.31. The second kappa shape index (κ2) is 6.95. The third-order valence-corrected chi connectivity index (χ3v) is 4.94. The first-order chi connectivity index (χ1) is 12.2. The highest BCUT2D eigenvalue weighted by Gasteiger charge is 2.27. The fraction of sp³-hybridized carbons (Fsp3) is 0.238. The van der Waals surface area contributed by atoms with E-state index < -0.39 is 0 Å². The lowest BCUT2D eigenvalue weighted by Gasteiger charge is -2.24. The number of nitrogens with zero attached hydrogens (tertiary/aromatic N) is 2. The summed E-state index contributed by atoms with van der Waals surface area (Å²) in [6.07, 6.45) is 5.22. The molecule has 3 nitrogen and oxygen atoms in total. The highest BCUT2D eigenvalue weighted by atomic mass is 35.5. The van der Waals surface area contributed by atoms with Crippen molar-refractivity contribution in [1.82, 2.24) is 4.57 Å². The van der Waals surface area contributed by atoms with E-state index in [-0.39, 0.29) is 6.23 Å². The molecule has 0 unspecified atom stereocenters. The van der Waals surface area contributed by atoms with E-state index in [0.717, 1.165) is 35.8 Å². The van der Waals surface area contributed by atoms with Crippen LogP contribution in [0.25, 0.3) is 5.69 Å². The Labute approximate surface area is 153 Å². The summed E-state index contributed by atoms with van der Waals surface area (Å²) in [6.45, 7) is 3.82. The molecule has 1 aromatic heterocycles. The van der Waals surface area contributed by atoms with Crippen LogP contribution >= 0.6 is 11.6 Å². The first-order valence-corrected chi connectivity index (χ1v) is 9.03. The van der Waals surface area contributed by atoms with Gasteiger partial charge in [-0.05, 0) is 54.4 Å². The van der Waals surface area contributed by atoms with Gasteiger partial charge in [-0.3, -0.25) is 0 Å². The molecule has 4 heteroatoms. The lowest BCUT2D eigenvalue weighted by atomic mass is 10.1. The van der Waals surface area contributed by atoms with Crippen LogP contribution < -0.4 is 4.90 Å². The van der Waals surface area contributed by atoms with Crippen molar-refractivity contribution in [2.45, 2.75) is 19.6 Å². The third-order valence-electron chi connectivity index (χ3n) is 4.69. The Hall–Kier alpha value is -2.23. The van der Waals surface area contributed by atoms with Gasteiger partial charge in [0.1, 0.15) is 0 Å². The van der Waals surface area contributed by atoms with Gasteiger partial charge in [0, 0.05) is 40.9 Å². The number of benzene rings is 2. The number of rotatable bonds is 4. The lowest BCUT2D eigenvalue weighted by molar-refractivity contribution is 0.114. The smallest absolute Gasteiger partial charge is 0.158 e. The van der Waals surface area contributed by atoms with E-state index in [1.807, 2.05) is 24.3 Å². The Kier molecular flexibility index (Phi) is 4.51. The van der Waals surface area contributed by atoms with E-state index in [2.05, 4.69) is 59.1 Å². The molecule has 1 fully saturated rings. The quantitative estimate of drug-likeness (QED) is 0.639. The molecule has 2 heterocycles. The van der Waals surface area contributed by atoms with Gasteiger partial charge in [-0.15, -0.1) is 0 Å². The summed E-state index contributed by atoms with van der Waals surface area (Å²) in [6, 6.07) is 18.7. The second-order valence-electron chi connectivity index (χ2n) is 6.27. The number of hydrogen-bond donors (Lipinski definition) is 0. The van der Waals surface area contributed by atoms with Crippen LogP contribution in [0, 0.1) is 0 Å². The van der Waals surface area contributed by atoms with Gasteiger partial charge < -0.3 is 14.2 Å². The van der Waals surface area contributed by atoms with E-state index in [4.69, 9.17) is 16.3 Å². The molecule has 0 saturated carbocycles. The molecule has 0 N–H and O–H groups in total. The SMILES string of the molecule is CCc1ccc(N2CCO[C@H]2c2ccn(-c3ccc(Cl)cc3)c2)cc1. The minimum absolute atomic E-state index is 0.0407. The summed E-state index contributed by atoms with van der Waals surface area (Å²) < 4.78 is 8.13. The van der Waals surface area contributed by atoms with E-state index in [1.165, 1.54) is 11.3 Å². The molecule has 0 radical (unpaired) electrons. The standard InChI is InChI=1S/C21H21ClN2O/c1-2-16-3-7-20(8-4-16)24-13-14-25-21(24)17-11-12-23(15-17)19-9-5-18(22)6-10-19/h3-12,15,21H,2,13-14H2,1H3/t21-/m0/s1. The molecule has 128 valence electrons. The van der Waals surface area contributed by atoms with Gasteiger partial charge in [0.05, 0.1) is 6.61 Å². The summed E-state index contributed by atoms with van der Waals surface area (Å²) in [7, 11) is 0. The maximum Gasteiger partial charge on any atom is 0.158 e. The molecule has 0 spiro atoms. The Morgan fingerprint density at radius 3 is 2.44 bits per heavy atom. The van der Waals surface area contributed by atoms with Crippen LogP contribution in [0.4, 0.5) is 5.69 Å². The minimum atomic E-state index is -0.0407. The van der Waals surface area contributed by atoms with Crippen molar-refractivity contribution in [3.63, 3.8) is 0 Å². The summed E-state index contributed by atoms with van der Waals surface area (Å²) in [5, 5.41) is 0.747. The Bertz CT molecular complexity index is 839. The minimum Gasteiger partial charge on any atom is -0.352 e. The fourth-order valence-electron chi connectivity index (χ4n) is 3.27. The van der Waals surface area contributed by atoms with Gasteiger partial charge in [0.2, 0.25) is 0 Å². The van der Waals surface area contributed by atoms with E-state index in [9.17, 15) is 0 Å². The number of aryl methyl sites for hydroxylation is 1. The zero-order chi connectivity index (χ0) is 17.2. The van der Waals surface area contributed by atoms with Crippen LogP contribution in [0.3, 0.4) is 0 Å². The molecule has 1 saturated heterocycles. The number of anilines is 1. The van der Waals surface area contributed by atoms with E-state index >= 15 is 0 Å². The number of ether oxygens (including phenoxy) is 1. The number of halogens is 1. The summed E-state index contributed by atoms with van der Waals surface area (Å²) in [5.41, 5.74) is 4.81. The highest BCUT2D eigenvalue weighted by Crippen LogP contribution is 2.33. The molecule has 25 heavy (non-hydrogen) atoms. The zero-order valence-corrected chi connectivity index (χ0v) is 15.0. The first-order valence-electron chi connectivity index (χ1n) is 8.65. The van der Waals surface area contributed by atoms with Gasteiger partial charge in [-0.2, -0.15) is 0 Å². The normalized spacial score (nSPS) is 17.2. The molecular formula is C21H21ClN2O.